The first kappa shape index (κ1) is 22.9. The fraction of sp³-hybridized carbons (Fsp3) is 0.353. The van der Waals surface area contributed by atoms with Gasteiger partial charge in [-0.3, -0.25) is 4.98 Å². The summed E-state index contributed by atoms with van der Waals surface area (Å²) in [5, 5.41) is 13.2. The topological polar surface area (TPSA) is 175 Å². The molecule has 0 aliphatic heterocycles. The molecule has 0 saturated heterocycles. The molecule has 2 aromatic rings. The van der Waals surface area contributed by atoms with Crippen LogP contribution in [0.5, 0.6) is 11.5 Å². The number of primary amides is 1. The number of benzene rings is 1. The fourth-order valence-corrected chi connectivity index (χ4v) is 3.13. The van der Waals surface area contributed by atoms with Gasteiger partial charge in [-0.05, 0) is 6.07 Å². The highest BCUT2D eigenvalue weighted by molar-refractivity contribution is 7.85. The summed E-state index contributed by atoms with van der Waals surface area (Å²) < 4.78 is 44.3. The van der Waals surface area contributed by atoms with Crippen LogP contribution in [0.2, 0.25) is 0 Å². The highest BCUT2D eigenvalue weighted by Crippen LogP contribution is 2.35. The van der Waals surface area contributed by atoms with E-state index in [1.54, 1.807) is 12.1 Å². The number of carbonyl (C=O) groups excluding carboxylic acids is 1. The van der Waals surface area contributed by atoms with E-state index in [1.165, 1.54) is 20.4 Å². The molecular formula is C17H21N5O7S. The van der Waals surface area contributed by atoms with Crippen molar-refractivity contribution in [1.29, 1.82) is 5.26 Å². The van der Waals surface area contributed by atoms with Crippen molar-refractivity contribution in [2.24, 2.45) is 5.73 Å². The highest BCUT2D eigenvalue weighted by atomic mass is 32.2. The predicted molar refractivity (Wildman–Crippen MR) is 106 cm³/mol. The second-order valence-electron chi connectivity index (χ2n) is 5.67. The van der Waals surface area contributed by atoms with Gasteiger partial charge in [0, 0.05) is 30.7 Å². The highest BCUT2D eigenvalue weighted by Gasteiger charge is 2.14. The molecule has 1 aromatic heterocycles. The number of carbonyl (C=O) groups is 1. The van der Waals surface area contributed by atoms with E-state index in [0.29, 0.717) is 40.2 Å². The molecule has 0 aliphatic rings. The van der Waals surface area contributed by atoms with Gasteiger partial charge >= 0.3 is 16.4 Å². The van der Waals surface area contributed by atoms with Crippen LogP contribution in [-0.2, 0) is 19.2 Å². The number of anilines is 1. The minimum absolute atomic E-state index is 0.0241. The molecule has 2 rings (SSSR count). The Balaban J connectivity index is 1.97. The number of hydrogen-bond acceptors (Lipinski definition) is 10. The van der Waals surface area contributed by atoms with Gasteiger partial charge in [0.2, 0.25) is 0 Å². The van der Waals surface area contributed by atoms with Crippen LogP contribution >= 0.6 is 0 Å². The third-order valence-corrected chi connectivity index (χ3v) is 4.70. The Hall–Kier alpha value is -3.34. The van der Waals surface area contributed by atoms with Crippen LogP contribution < -0.4 is 25.2 Å². The molecule has 0 bridgehead atoms. The summed E-state index contributed by atoms with van der Waals surface area (Å²) in [5.41, 5.74) is 6.15. The summed E-state index contributed by atoms with van der Waals surface area (Å²) in [6.07, 6.45) is 0.0186. The summed E-state index contributed by atoms with van der Waals surface area (Å²) in [4.78, 5) is 14.7. The smallest absolute Gasteiger partial charge is 0.421 e. The first-order valence-corrected chi connectivity index (χ1v) is 9.97. The molecule has 0 aliphatic carbocycles. The van der Waals surface area contributed by atoms with Gasteiger partial charge in [-0.1, -0.05) is 0 Å². The number of pyridine rings is 1. The number of aromatic nitrogens is 1. The summed E-state index contributed by atoms with van der Waals surface area (Å²) in [6, 6.07) is 5.51. The lowest BCUT2D eigenvalue weighted by Gasteiger charge is -2.14. The Kier molecular flexibility index (Phi) is 7.98. The molecule has 12 nitrogen and oxygen atoms in total. The van der Waals surface area contributed by atoms with Crippen molar-refractivity contribution < 1.29 is 31.6 Å². The van der Waals surface area contributed by atoms with Crippen molar-refractivity contribution in [2.75, 3.05) is 45.8 Å². The van der Waals surface area contributed by atoms with E-state index in [0.717, 1.165) is 0 Å². The minimum atomic E-state index is -4.25. The maximum Gasteiger partial charge on any atom is 0.421 e. The van der Waals surface area contributed by atoms with Gasteiger partial charge in [0.25, 0.3) is 0 Å². The molecule has 0 fully saturated rings. The Morgan fingerprint density at radius 2 is 1.87 bits per heavy atom. The van der Waals surface area contributed by atoms with Gasteiger partial charge in [0.1, 0.15) is 6.07 Å². The molecule has 0 unspecified atom stereocenters. The maximum atomic E-state index is 11.3. The van der Waals surface area contributed by atoms with Crippen LogP contribution in [-0.4, -0.2) is 60.0 Å². The van der Waals surface area contributed by atoms with Crippen molar-refractivity contribution in [3.63, 3.8) is 0 Å². The quantitative estimate of drug-likeness (QED) is 0.418. The number of nitriles is 1. The number of methoxy groups -OCH3 is 2. The van der Waals surface area contributed by atoms with Crippen molar-refractivity contribution >= 4 is 33.0 Å². The zero-order valence-corrected chi connectivity index (χ0v) is 17.1. The molecule has 162 valence electrons. The second-order valence-corrected chi connectivity index (χ2v) is 7.04. The third-order valence-electron chi connectivity index (χ3n) is 3.76. The van der Waals surface area contributed by atoms with Crippen molar-refractivity contribution in [3.05, 3.63) is 23.9 Å². The van der Waals surface area contributed by atoms with Crippen LogP contribution in [0.1, 0.15) is 5.56 Å². The molecule has 0 atom stereocenters. The number of nitrogens with two attached hydrogens (primary N) is 1. The Morgan fingerprint density at radius 1 is 1.20 bits per heavy atom. The summed E-state index contributed by atoms with van der Waals surface area (Å²) in [6.45, 7) is 0.442. The normalized spacial score (nSPS) is 11.0. The summed E-state index contributed by atoms with van der Waals surface area (Å²) in [7, 11) is -1.22. The SMILES string of the molecule is COc1cc2ncc(C#N)c(NCCOCCNS(=O)(=O)OC(N)=O)c2cc1OC. The number of amides is 1. The van der Waals surface area contributed by atoms with Gasteiger partial charge in [0.15, 0.2) is 11.5 Å². The molecular weight excluding hydrogens is 418 g/mol. The number of fused-ring (bicyclic) bond motifs is 1. The molecule has 0 radical (unpaired) electrons. The lowest BCUT2D eigenvalue weighted by Crippen LogP contribution is -2.32. The first-order valence-electron chi connectivity index (χ1n) is 8.56. The monoisotopic (exact) mass is 439 g/mol. The van der Waals surface area contributed by atoms with Crippen molar-refractivity contribution in [3.8, 4) is 17.6 Å². The number of hydrogen-bond donors (Lipinski definition) is 3. The van der Waals surface area contributed by atoms with Gasteiger partial charge in [0.05, 0.1) is 44.2 Å². The predicted octanol–water partition coefficient (Wildman–Crippen LogP) is 0.482. The molecule has 0 spiro atoms. The molecule has 30 heavy (non-hydrogen) atoms. The lowest BCUT2D eigenvalue weighted by molar-refractivity contribution is 0.148. The van der Waals surface area contributed by atoms with Crippen LogP contribution in [0.25, 0.3) is 10.9 Å². The fourth-order valence-electron chi connectivity index (χ4n) is 2.52. The Bertz CT molecular complexity index is 1050. The minimum Gasteiger partial charge on any atom is -0.493 e. The molecule has 13 heteroatoms. The first-order chi connectivity index (χ1) is 14.3. The number of rotatable bonds is 11. The van der Waals surface area contributed by atoms with Crippen LogP contribution in [0.3, 0.4) is 0 Å². The number of nitrogens with one attached hydrogen (secondary N) is 2. The molecule has 4 N–H and O–H groups in total. The average molecular weight is 439 g/mol. The van der Waals surface area contributed by atoms with E-state index in [9.17, 15) is 18.5 Å². The van der Waals surface area contributed by atoms with Crippen LogP contribution in [0, 0.1) is 11.3 Å². The molecule has 0 saturated carbocycles. The molecule has 1 amide bonds. The van der Waals surface area contributed by atoms with E-state index >= 15 is 0 Å². The van der Waals surface area contributed by atoms with E-state index in [4.69, 9.17) is 14.2 Å². The summed E-state index contributed by atoms with van der Waals surface area (Å²) >= 11 is 0. The third kappa shape index (κ3) is 6.08. The zero-order chi connectivity index (χ0) is 22.1. The summed E-state index contributed by atoms with van der Waals surface area (Å²) in [5.74, 6) is 1.01. The average Bonchev–Trinajstić information content (AvgIpc) is 2.70. The standard InChI is InChI=1S/C17H21N5O7S/c1-26-14-7-12-13(8-15(14)27-2)21-10-11(9-18)16(12)20-3-5-28-6-4-22-30(24,25)29-17(19)23/h7-8,10,22H,3-6H2,1-2H3,(H2,19,23)(H,20,21). The van der Waals surface area contributed by atoms with E-state index < -0.39 is 16.4 Å². The molecule has 1 aromatic carbocycles. The van der Waals surface area contributed by atoms with Crippen LogP contribution in [0.4, 0.5) is 10.5 Å². The van der Waals surface area contributed by atoms with Gasteiger partial charge in [-0.25, -0.2) is 4.79 Å². The Labute approximate surface area is 173 Å². The van der Waals surface area contributed by atoms with Crippen LogP contribution in [0.15, 0.2) is 18.3 Å². The number of ether oxygens (including phenoxy) is 3. The van der Waals surface area contributed by atoms with E-state index in [-0.39, 0.29) is 19.8 Å². The van der Waals surface area contributed by atoms with E-state index in [2.05, 4.69) is 26.3 Å². The lowest BCUT2D eigenvalue weighted by atomic mass is 10.1. The van der Waals surface area contributed by atoms with Crippen molar-refractivity contribution in [1.82, 2.24) is 9.71 Å². The van der Waals surface area contributed by atoms with Gasteiger partial charge < -0.3 is 29.4 Å². The van der Waals surface area contributed by atoms with Gasteiger partial charge in [-0.2, -0.15) is 18.4 Å². The number of nitrogens with zero attached hydrogens (tertiary/aromatic N) is 2. The second kappa shape index (κ2) is 10.4. The van der Waals surface area contributed by atoms with Gasteiger partial charge in [-0.15, -0.1) is 0 Å². The van der Waals surface area contributed by atoms with Crippen molar-refractivity contribution in [2.45, 2.75) is 0 Å². The Morgan fingerprint density at radius 3 is 2.50 bits per heavy atom. The van der Waals surface area contributed by atoms with E-state index in [1.807, 2.05) is 4.72 Å². The largest absolute Gasteiger partial charge is 0.493 e. The molecule has 1 heterocycles. The maximum absolute atomic E-state index is 11.3. The zero-order valence-electron chi connectivity index (χ0n) is 16.3.